The normalized spacial score (nSPS) is 8.00. The van der Waals surface area contributed by atoms with Gasteiger partial charge in [-0.05, 0) is 12.4 Å². The van der Waals surface area contributed by atoms with Gasteiger partial charge in [-0.2, -0.15) is 0 Å². The molecule has 0 rings (SSSR count). The van der Waals surface area contributed by atoms with Gasteiger partial charge >= 0.3 is 5.97 Å². The molecule has 11 heavy (non-hydrogen) atoms. The highest BCUT2D eigenvalue weighted by atomic mass is 16.5. The molecule has 0 spiro atoms. The number of rotatable bonds is 5. The number of hydrogen-bond donors (Lipinski definition) is 0. The van der Waals surface area contributed by atoms with Gasteiger partial charge in [0.15, 0.2) is 6.73 Å². The highest BCUT2D eigenvalue weighted by Gasteiger charge is 1.96. The van der Waals surface area contributed by atoms with Gasteiger partial charge < -0.3 is 9.64 Å². The van der Waals surface area contributed by atoms with Gasteiger partial charge in [0.05, 0.1) is 0 Å². The molecule has 0 aliphatic carbocycles. The van der Waals surface area contributed by atoms with Gasteiger partial charge in [0, 0.05) is 6.08 Å². The summed E-state index contributed by atoms with van der Waals surface area (Å²) >= 11 is 0. The molecule has 60 valence electrons. The Hall–Kier alpha value is -1.51. The van der Waals surface area contributed by atoms with E-state index in [1.165, 1.54) is 17.3 Å². The van der Waals surface area contributed by atoms with Gasteiger partial charge in [-0.25, -0.2) is 4.79 Å². The Morgan fingerprint density at radius 1 is 1.36 bits per heavy atom. The van der Waals surface area contributed by atoms with Crippen LogP contribution in [0, 0.1) is 0 Å². The first kappa shape index (κ1) is 9.49. The van der Waals surface area contributed by atoms with E-state index in [0.717, 1.165) is 6.08 Å². The third-order valence-corrected chi connectivity index (χ3v) is 0.992. The van der Waals surface area contributed by atoms with Gasteiger partial charge in [0.25, 0.3) is 0 Å². The lowest BCUT2D eigenvalue weighted by atomic mass is 10.6. The number of nitrogens with zero attached hydrogens (tertiary/aromatic N) is 1. The van der Waals surface area contributed by atoms with Crippen LogP contribution in [0.25, 0.3) is 0 Å². The van der Waals surface area contributed by atoms with Crippen LogP contribution in [-0.2, 0) is 9.53 Å². The molecule has 0 aliphatic heterocycles. The summed E-state index contributed by atoms with van der Waals surface area (Å²) < 4.78 is 4.66. The number of esters is 1. The van der Waals surface area contributed by atoms with Gasteiger partial charge in [-0.1, -0.05) is 19.7 Å². The molecule has 3 nitrogen and oxygen atoms in total. The molecule has 0 aliphatic rings. The summed E-state index contributed by atoms with van der Waals surface area (Å²) in [6.45, 7) is 10.3. The summed E-state index contributed by atoms with van der Waals surface area (Å²) in [6.07, 6.45) is 4.11. The number of hydrogen-bond acceptors (Lipinski definition) is 3. The first-order valence-electron chi connectivity index (χ1n) is 3.04. The van der Waals surface area contributed by atoms with Crippen molar-refractivity contribution >= 4 is 5.97 Å². The monoisotopic (exact) mass is 153 g/mol. The van der Waals surface area contributed by atoms with Crippen molar-refractivity contribution in [2.24, 2.45) is 0 Å². The zero-order valence-corrected chi connectivity index (χ0v) is 6.32. The van der Waals surface area contributed by atoms with Crippen molar-refractivity contribution in [2.75, 3.05) is 6.73 Å². The molecule has 0 saturated heterocycles. The Kier molecular flexibility index (Phi) is 4.56. The van der Waals surface area contributed by atoms with Gasteiger partial charge in [-0.3, -0.25) is 0 Å². The van der Waals surface area contributed by atoms with E-state index < -0.39 is 5.97 Å². The fourth-order valence-corrected chi connectivity index (χ4v) is 0.377. The second-order valence-electron chi connectivity index (χ2n) is 1.68. The molecule has 0 radical (unpaired) electrons. The van der Waals surface area contributed by atoms with Gasteiger partial charge in [0.1, 0.15) is 0 Å². The smallest absolute Gasteiger partial charge is 0.331 e. The largest absolute Gasteiger partial charge is 0.441 e. The summed E-state index contributed by atoms with van der Waals surface area (Å²) in [5, 5.41) is 0. The highest BCUT2D eigenvalue weighted by Crippen LogP contribution is 1.89. The van der Waals surface area contributed by atoms with Crippen LogP contribution in [0.2, 0.25) is 0 Å². The lowest BCUT2D eigenvalue weighted by molar-refractivity contribution is -0.140. The van der Waals surface area contributed by atoms with Crippen molar-refractivity contribution < 1.29 is 9.53 Å². The second kappa shape index (κ2) is 5.29. The Bertz CT molecular complexity index is 167. The molecule has 0 bridgehead atoms. The quantitative estimate of drug-likeness (QED) is 0.338. The topological polar surface area (TPSA) is 29.5 Å². The lowest BCUT2D eigenvalue weighted by Crippen LogP contribution is -2.16. The van der Waals surface area contributed by atoms with Crippen LogP contribution in [0.4, 0.5) is 0 Å². The summed E-state index contributed by atoms with van der Waals surface area (Å²) in [6, 6.07) is 0. The van der Waals surface area contributed by atoms with E-state index in [-0.39, 0.29) is 6.73 Å². The first-order chi connectivity index (χ1) is 5.24. The van der Waals surface area contributed by atoms with Crippen molar-refractivity contribution in [1.82, 2.24) is 4.90 Å². The third kappa shape index (κ3) is 3.97. The maximum Gasteiger partial charge on any atom is 0.331 e. The van der Waals surface area contributed by atoms with E-state index in [1.807, 2.05) is 0 Å². The maximum atomic E-state index is 10.5. The van der Waals surface area contributed by atoms with Crippen LogP contribution in [-0.4, -0.2) is 17.6 Å². The summed E-state index contributed by atoms with van der Waals surface area (Å²) in [4.78, 5) is 12.0. The number of ether oxygens (including phenoxy) is 1. The molecular weight excluding hydrogens is 142 g/mol. The molecule has 0 aromatic heterocycles. The minimum Gasteiger partial charge on any atom is -0.441 e. The minimum absolute atomic E-state index is 0.123. The van der Waals surface area contributed by atoms with E-state index in [4.69, 9.17) is 0 Å². The van der Waals surface area contributed by atoms with Crippen molar-refractivity contribution in [2.45, 2.75) is 0 Å². The average Bonchev–Trinajstić information content (AvgIpc) is 2.06. The minimum atomic E-state index is -0.460. The summed E-state index contributed by atoms with van der Waals surface area (Å²) in [5.74, 6) is -0.460. The first-order valence-corrected chi connectivity index (χ1v) is 3.04. The fraction of sp³-hybridized carbons (Fsp3) is 0.125. The van der Waals surface area contributed by atoms with Crippen LogP contribution in [0.1, 0.15) is 0 Å². The van der Waals surface area contributed by atoms with Crippen molar-refractivity contribution in [3.63, 3.8) is 0 Å². The van der Waals surface area contributed by atoms with E-state index >= 15 is 0 Å². The Morgan fingerprint density at radius 3 is 2.27 bits per heavy atom. The molecule has 0 N–H and O–H groups in total. The Morgan fingerprint density at radius 2 is 1.91 bits per heavy atom. The van der Waals surface area contributed by atoms with Crippen LogP contribution in [0.15, 0.2) is 38.2 Å². The molecule has 0 amide bonds. The van der Waals surface area contributed by atoms with E-state index in [9.17, 15) is 4.79 Å². The van der Waals surface area contributed by atoms with Crippen molar-refractivity contribution in [1.29, 1.82) is 0 Å². The predicted molar refractivity (Wildman–Crippen MR) is 43.4 cm³/mol. The van der Waals surface area contributed by atoms with Crippen molar-refractivity contribution in [3.05, 3.63) is 38.2 Å². The molecule has 3 heteroatoms. The Labute approximate surface area is 66.3 Å². The molecule has 0 heterocycles. The van der Waals surface area contributed by atoms with Crippen LogP contribution >= 0.6 is 0 Å². The second-order valence-corrected chi connectivity index (χ2v) is 1.68. The van der Waals surface area contributed by atoms with Crippen molar-refractivity contribution in [3.8, 4) is 0 Å². The number of carbonyl (C=O) groups is 1. The zero-order chi connectivity index (χ0) is 8.69. The standard InChI is InChI=1S/C8H11NO2/c1-4-8(10)11-7-9(5-2)6-3/h4-6H,1-3,7H2. The van der Waals surface area contributed by atoms with Gasteiger partial charge in [-0.15, -0.1) is 0 Å². The molecule has 0 saturated carbocycles. The van der Waals surface area contributed by atoms with Crippen LogP contribution in [0.5, 0.6) is 0 Å². The third-order valence-electron chi connectivity index (χ3n) is 0.992. The molecule has 0 aromatic carbocycles. The SMILES string of the molecule is C=CC(=O)OCN(C=C)C=C. The van der Waals surface area contributed by atoms with Crippen LogP contribution in [0.3, 0.4) is 0 Å². The van der Waals surface area contributed by atoms with Gasteiger partial charge in [0.2, 0.25) is 0 Å². The fourth-order valence-electron chi connectivity index (χ4n) is 0.377. The molecule has 0 fully saturated rings. The molecule has 0 unspecified atom stereocenters. The maximum absolute atomic E-state index is 10.5. The zero-order valence-electron chi connectivity index (χ0n) is 6.32. The predicted octanol–water partition coefficient (Wildman–Crippen LogP) is 1.26. The lowest BCUT2D eigenvalue weighted by Gasteiger charge is -2.12. The van der Waals surface area contributed by atoms with E-state index in [0.29, 0.717) is 0 Å². The van der Waals surface area contributed by atoms with Crippen LogP contribution < -0.4 is 0 Å². The Balaban J connectivity index is 3.66. The molecular formula is C8H11NO2. The average molecular weight is 153 g/mol. The summed E-state index contributed by atoms with van der Waals surface area (Å²) in [5.41, 5.74) is 0. The molecule has 0 atom stereocenters. The molecule has 0 aromatic rings. The van der Waals surface area contributed by atoms with E-state index in [2.05, 4.69) is 24.5 Å². The highest BCUT2D eigenvalue weighted by molar-refractivity contribution is 5.81. The van der Waals surface area contributed by atoms with E-state index in [1.54, 1.807) is 0 Å². The number of carbonyl (C=O) groups excluding carboxylic acids is 1. The summed E-state index contributed by atoms with van der Waals surface area (Å²) in [7, 11) is 0.